The topological polar surface area (TPSA) is 76.8 Å². The monoisotopic (exact) mass is 300 g/mol. The van der Waals surface area contributed by atoms with Gasteiger partial charge in [0.25, 0.3) is 0 Å². The SMILES string of the molecule is CCCn1c(-c2c(F)ccc([N+](=O)[O-])c2F)n[nH]c1=S. The van der Waals surface area contributed by atoms with Gasteiger partial charge in [-0.05, 0) is 24.7 Å². The van der Waals surface area contributed by atoms with Crippen molar-refractivity contribution in [2.45, 2.75) is 19.9 Å². The Bertz CT molecular complexity index is 726. The lowest BCUT2D eigenvalue weighted by Crippen LogP contribution is -2.04. The summed E-state index contributed by atoms with van der Waals surface area (Å²) >= 11 is 4.98. The number of aromatic amines is 1. The molecule has 1 aromatic heterocycles. The lowest BCUT2D eigenvalue weighted by molar-refractivity contribution is -0.387. The fraction of sp³-hybridized carbons (Fsp3) is 0.273. The number of benzene rings is 1. The minimum absolute atomic E-state index is 0.0875. The fourth-order valence-corrected chi connectivity index (χ4v) is 2.05. The van der Waals surface area contributed by atoms with Crippen molar-refractivity contribution in [1.82, 2.24) is 14.8 Å². The number of halogens is 2. The molecule has 2 rings (SSSR count). The molecule has 20 heavy (non-hydrogen) atoms. The number of nitro groups is 1. The van der Waals surface area contributed by atoms with Gasteiger partial charge >= 0.3 is 5.69 Å². The summed E-state index contributed by atoms with van der Waals surface area (Å²) in [5.74, 6) is -2.28. The van der Waals surface area contributed by atoms with E-state index < -0.39 is 27.8 Å². The standard InChI is InChI=1S/C11H10F2N4O2S/c1-2-5-16-10(14-15-11(16)20)8-6(12)3-4-7(9(8)13)17(18)19/h3-4H,2,5H2,1H3,(H,15,20). The molecule has 0 saturated heterocycles. The van der Waals surface area contributed by atoms with E-state index in [1.165, 1.54) is 4.57 Å². The van der Waals surface area contributed by atoms with E-state index in [2.05, 4.69) is 10.2 Å². The molecule has 1 heterocycles. The van der Waals surface area contributed by atoms with Gasteiger partial charge in [-0.15, -0.1) is 0 Å². The quantitative estimate of drug-likeness (QED) is 0.534. The van der Waals surface area contributed by atoms with Crippen LogP contribution in [0.3, 0.4) is 0 Å². The maximum absolute atomic E-state index is 14.1. The minimum atomic E-state index is -1.26. The molecule has 6 nitrogen and oxygen atoms in total. The Morgan fingerprint density at radius 1 is 1.50 bits per heavy atom. The van der Waals surface area contributed by atoms with Crippen LogP contribution >= 0.6 is 12.2 Å². The summed E-state index contributed by atoms with van der Waals surface area (Å²) in [6.07, 6.45) is 0.666. The van der Waals surface area contributed by atoms with E-state index in [0.29, 0.717) is 13.0 Å². The van der Waals surface area contributed by atoms with Crippen LogP contribution in [-0.2, 0) is 6.54 Å². The smallest absolute Gasteiger partial charge is 0.300 e. The van der Waals surface area contributed by atoms with Crippen LogP contribution < -0.4 is 0 Å². The zero-order valence-corrected chi connectivity index (χ0v) is 11.2. The van der Waals surface area contributed by atoms with Crippen molar-refractivity contribution in [3.63, 3.8) is 0 Å². The zero-order chi connectivity index (χ0) is 14.9. The number of nitrogens with one attached hydrogen (secondary N) is 1. The number of aromatic nitrogens is 3. The highest BCUT2D eigenvalue weighted by molar-refractivity contribution is 7.71. The van der Waals surface area contributed by atoms with Crippen molar-refractivity contribution < 1.29 is 13.7 Å². The summed E-state index contributed by atoms with van der Waals surface area (Å²) in [5.41, 5.74) is -1.36. The summed E-state index contributed by atoms with van der Waals surface area (Å²) in [7, 11) is 0. The van der Waals surface area contributed by atoms with Gasteiger partial charge in [0.05, 0.1) is 10.5 Å². The maximum Gasteiger partial charge on any atom is 0.305 e. The average molecular weight is 300 g/mol. The predicted octanol–water partition coefficient (Wildman–Crippen LogP) is 3.20. The Kier molecular flexibility index (Phi) is 3.89. The van der Waals surface area contributed by atoms with Crippen LogP contribution in [0.5, 0.6) is 0 Å². The van der Waals surface area contributed by atoms with Gasteiger partial charge in [-0.25, -0.2) is 4.39 Å². The van der Waals surface area contributed by atoms with Gasteiger partial charge in [-0.1, -0.05) is 6.92 Å². The average Bonchev–Trinajstić information content (AvgIpc) is 2.72. The van der Waals surface area contributed by atoms with Crippen LogP contribution in [0.2, 0.25) is 0 Å². The van der Waals surface area contributed by atoms with Gasteiger partial charge in [0, 0.05) is 12.6 Å². The minimum Gasteiger partial charge on any atom is -0.300 e. The molecule has 2 aromatic rings. The molecule has 0 bridgehead atoms. The highest BCUT2D eigenvalue weighted by Crippen LogP contribution is 2.30. The summed E-state index contributed by atoms with van der Waals surface area (Å²) in [4.78, 5) is 9.81. The molecule has 1 N–H and O–H groups in total. The molecule has 0 atom stereocenters. The van der Waals surface area contributed by atoms with Gasteiger partial charge in [-0.2, -0.15) is 9.49 Å². The molecule has 9 heteroatoms. The van der Waals surface area contributed by atoms with Crippen LogP contribution in [0.25, 0.3) is 11.4 Å². The van der Waals surface area contributed by atoms with Crippen LogP contribution in [0.4, 0.5) is 14.5 Å². The first kappa shape index (κ1) is 14.3. The van der Waals surface area contributed by atoms with Crippen molar-refractivity contribution in [3.8, 4) is 11.4 Å². The Morgan fingerprint density at radius 3 is 2.80 bits per heavy atom. The fourth-order valence-electron chi connectivity index (χ4n) is 1.83. The zero-order valence-electron chi connectivity index (χ0n) is 10.4. The summed E-state index contributed by atoms with van der Waals surface area (Å²) in [5, 5.41) is 16.9. The van der Waals surface area contributed by atoms with E-state index >= 15 is 0 Å². The molecule has 0 aliphatic heterocycles. The summed E-state index contributed by atoms with van der Waals surface area (Å²) in [6.45, 7) is 2.25. The van der Waals surface area contributed by atoms with E-state index in [1.807, 2.05) is 6.92 Å². The normalized spacial score (nSPS) is 10.8. The molecular formula is C11H10F2N4O2S. The predicted molar refractivity (Wildman–Crippen MR) is 69.7 cm³/mol. The maximum atomic E-state index is 14.1. The Balaban J connectivity index is 2.73. The summed E-state index contributed by atoms with van der Waals surface area (Å²) < 4.78 is 29.6. The van der Waals surface area contributed by atoms with Crippen LogP contribution in [0.1, 0.15) is 13.3 Å². The third kappa shape index (κ3) is 2.31. The molecule has 0 aliphatic carbocycles. The number of nitrogens with zero attached hydrogens (tertiary/aromatic N) is 3. The van der Waals surface area contributed by atoms with E-state index in [0.717, 1.165) is 12.1 Å². The largest absolute Gasteiger partial charge is 0.305 e. The highest BCUT2D eigenvalue weighted by atomic mass is 32.1. The number of H-pyrrole nitrogens is 1. The molecule has 0 spiro atoms. The third-order valence-corrected chi connectivity index (χ3v) is 3.01. The first-order chi connectivity index (χ1) is 9.47. The molecule has 0 fully saturated rings. The van der Waals surface area contributed by atoms with E-state index in [-0.39, 0.29) is 10.6 Å². The van der Waals surface area contributed by atoms with Crippen LogP contribution in [0, 0.1) is 26.5 Å². The molecular weight excluding hydrogens is 290 g/mol. The second kappa shape index (κ2) is 5.45. The molecule has 0 amide bonds. The Morgan fingerprint density at radius 2 is 2.20 bits per heavy atom. The molecule has 0 unspecified atom stereocenters. The Labute approximate surface area is 117 Å². The van der Waals surface area contributed by atoms with Crippen molar-refractivity contribution in [2.24, 2.45) is 0 Å². The second-order valence-electron chi connectivity index (χ2n) is 4.02. The number of rotatable bonds is 4. The molecule has 0 saturated carbocycles. The van der Waals surface area contributed by atoms with Crippen molar-refractivity contribution in [3.05, 3.63) is 38.7 Å². The lowest BCUT2D eigenvalue weighted by atomic mass is 10.1. The van der Waals surface area contributed by atoms with Crippen LogP contribution in [0.15, 0.2) is 12.1 Å². The van der Waals surface area contributed by atoms with Gasteiger partial charge < -0.3 is 4.57 Å². The van der Waals surface area contributed by atoms with Crippen LogP contribution in [-0.4, -0.2) is 19.7 Å². The van der Waals surface area contributed by atoms with E-state index in [9.17, 15) is 18.9 Å². The first-order valence-corrected chi connectivity index (χ1v) is 6.16. The molecule has 0 aliphatic rings. The van der Waals surface area contributed by atoms with Crippen molar-refractivity contribution >= 4 is 17.9 Å². The molecule has 106 valence electrons. The second-order valence-corrected chi connectivity index (χ2v) is 4.40. The molecule has 0 radical (unpaired) electrons. The lowest BCUT2D eigenvalue weighted by Gasteiger charge is -2.07. The van der Waals surface area contributed by atoms with E-state index in [1.54, 1.807) is 0 Å². The highest BCUT2D eigenvalue weighted by Gasteiger charge is 2.25. The van der Waals surface area contributed by atoms with Crippen molar-refractivity contribution in [1.29, 1.82) is 0 Å². The van der Waals surface area contributed by atoms with Crippen molar-refractivity contribution in [2.75, 3.05) is 0 Å². The number of hydrogen-bond acceptors (Lipinski definition) is 4. The van der Waals surface area contributed by atoms with Gasteiger partial charge in [0.15, 0.2) is 10.6 Å². The number of nitro benzene ring substituents is 1. The first-order valence-electron chi connectivity index (χ1n) is 5.75. The van der Waals surface area contributed by atoms with Gasteiger partial charge in [-0.3, -0.25) is 15.2 Å². The van der Waals surface area contributed by atoms with Gasteiger partial charge in [0.1, 0.15) is 5.82 Å². The number of hydrogen-bond donors (Lipinski definition) is 1. The summed E-state index contributed by atoms with van der Waals surface area (Å²) in [6, 6.07) is 1.62. The third-order valence-electron chi connectivity index (χ3n) is 2.70. The van der Waals surface area contributed by atoms with E-state index in [4.69, 9.17) is 12.2 Å². The Hall–Kier alpha value is -2.16. The van der Waals surface area contributed by atoms with Gasteiger partial charge in [0.2, 0.25) is 5.82 Å². The molecule has 1 aromatic carbocycles.